The van der Waals surface area contributed by atoms with Crippen LogP contribution in [0.1, 0.15) is 46.5 Å². The predicted octanol–water partition coefficient (Wildman–Crippen LogP) is 1.92. The Labute approximate surface area is 103 Å². The molecule has 0 aromatic carbocycles. The molecular formula is C14H22O3. The second-order valence-electron chi connectivity index (χ2n) is 7.03. The minimum absolute atomic E-state index is 0.105. The van der Waals surface area contributed by atoms with E-state index in [4.69, 9.17) is 4.74 Å². The molecule has 3 fully saturated rings. The van der Waals surface area contributed by atoms with E-state index >= 15 is 0 Å². The summed E-state index contributed by atoms with van der Waals surface area (Å²) < 4.78 is 5.62. The summed E-state index contributed by atoms with van der Waals surface area (Å²) in [5, 5.41) is 10.00. The van der Waals surface area contributed by atoms with Gasteiger partial charge >= 0.3 is 0 Å². The number of aliphatic hydroxyl groups is 1. The molecule has 0 unspecified atom stereocenters. The first kappa shape index (κ1) is 11.7. The molecule has 2 saturated carbocycles. The molecule has 0 aromatic rings. The van der Waals surface area contributed by atoms with Crippen LogP contribution in [0.4, 0.5) is 0 Å². The Hall–Kier alpha value is -0.410. The smallest absolute Gasteiger partial charge is 0.138 e. The fraction of sp³-hybridized carbons (Fsp3) is 0.929. The normalized spacial score (nSPS) is 52.4. The lowest BCUT2D eigenvalue weighted by molar-refractivity contribution is -0.139. The van der Waals surface area contributed by atoms with E-state index in [2.05, 4.69) is 20.8 Å². The number of Topliss-reactive ketones (excluding diaryl/α,β-unsaturated/α-hetero) is 1. The molecule has 3 nitrogen and oxygen atoms in total. The number of ether oxygens (including phenoxy) is 1. The Morgan fingerprint density at radius 3 is 2.71 bits per heavy atom. The van der Waals surface area contributed by atoms with Gasteiger partial charge in [-0.2, -0.15) is 0 Å². The number of ketones is 1. The second kappa shape index (κ2) is 3.33. The second-order valence-corrected chi connectivity index (χ2v) is 7.03. The lowest BCUT2D eigenvalue weighted by Gasteiger charge is -2.51. The molecule has 1 aliphatic heterocycles. The van der Waals surface area contributed by atoms with Crippen molar-refractivity contribution >= 4 is 5.78 Å². The molecule has 1 N–H and O–H groups in total. The van der Waals surface area contributed by atoms with Gasteiger partial charge < -0.3 is 9.84 Å². The first-order valence-electron chi connectivity index (χ1n) is 6.72. The van der Waals surface area contributed by atoms with Gasteiger partial charge in [-0.15, -0.1) is 0 Å². The van der Waals surface area contributed by atoms with Crippen LogP contribution in [0.25, 0.3) is 0 Å². The molecule has 1 heterocycles. The quantitative estimate of drug-likeness (QED) is 0.656. The SMILES string of the molecule is CC1(C)C[C@H]2C(=O)C[C@@H](O)[C@@H]3O[C@@]3(C)CC[C@@H]21. The third-order valence-electron chi connectivity index (χ3n) is 5.30. The number of hydrogen-bond donors (Lipinski definition) is 1. The highest BCUT2D eigenvalue weighted by atomic mass is 16.6. The van der Waals surface area contributed by atoms with Crippen molar-refractivity contribution in [3.05, 3.63) is 0 Å². The highest BCUT2D eigenvalue weighted by Crippen LogP contribution is 2.57. The number of epoxide rings is 1. The Balaban J connectivity index is 1.81. The van der Waals surface area contributed by atoms with Crippen molar-refractivity contribution in [2.24, 2.45) is 17.3 Å². The minimum Gasteiger partial charge on any atom is -0.390 e. The third kappa shape index (κ3) is 1.66. The average molecular weight is 238 g/mol. The molecule has 3 rings (SSSR count). The number of hydrogen-bond acceptors (Lipinski definition) is 3. The fourth-order valence-electron chi connectivity index (χ4n) is 4.02. The first-order chi connectivity index (χ1) is 7.83. The monoisotopic (exact) mass is 238 g/mol. The highest BCUT2D eigenvalue weighted by molar-refractivity contribution is 5.83. The highest BCUT2D eigenvalue weighted by Gasteiger charge is 2.60. The van der Waals surface area contributed by atoms with Crippen molar-refractivity contribution in [2.45, 2.75) is 64.3 Å². The number of carbonyl (C=O) groups excluding carboxylic acids is 1. The lowest BCUT2D eigenvalue weighted by Crippen LogP contribution is -2.48. The predicted molar refractivity (Wildman–Crippen MR) is 63.5 cm³/mol. The summed E-state index contributed by atoms with van der Waals surface area (Å²) in [6, 6.07) is 0. The van der Waals surface area contributed by atoms with Crippen molar-refractivity contribution in [1.82, 2.24) is 0 Å². The van der Waals surface area contributed by atoms with Crippen LogP contribution < -0.4 is 0 Å². The van der Waals surface area contributed by atoms with Crippen LogP contribution in [0.5, 0.6) is 0 Å². The number of rotatable bonds is 0. The summed E-state index contributed by atoms with van der Waals surface area (Å²) >= 11 is 0. The van der Waals surface area contributed by atoms with Crippen LogP contribution >= 0.6 is 0 Å². The van der Waals surface area contributed by atoms with Crippen LogP contribution in [0, 0.1) is 17.3 Å². The van der Waals surface area contributed by atoms with E-state index in [-0.39, 0.29) is 35.2 Å². The van der Waals surface area contributed by atoms with Crippen molar-refractivity contribution in [3.63, 3.8) is 0 Å². The van der Waals surface area contributed by atoms with Crippen LogP contribution in [0.2, 0.25) is 0 Å². The maximum absolute atomic E-state index is 12.1. The van der Waals surface area contributed by atoms with E-state index < -0.39 is 6.10 Å². The van der Waals surface area contributed by atoms with E-state index in [0.717, 1.165) is 19.3 Å². The van der Waals surface area contributed by atoms with Gasteiger partial charge in [-0.3, -0.25) is 4.79 Å². The molecule has 2 aliphatic carbocycles. The van der Waals surface area contributed by atoms with Gasteiger partial charge in [0.2, 0.25) is 0 Å². The molecule has 17 heavy (non-hydrogen) atoms. The van der Waals surface area contributed by atoms with E-state index in [1.165, 1.54) is 0 Å². The van der Waals surface area contributed by atoms with Gasteiger partial charge in [0.15, 0.2) is 0 Å². The van der Waals surface area contributed by atoms with Crippen molar-refractivity contribution in [3.8, 4) is 0 Å². The summed E-state index contributed by atoms with van der Waals surface area (Å²) in [6.07, 6.45) is 2.63. The van der Waals surface area contributed by atoms with E-state index in [1.807, 2.05) is 0 Å². The zero-order valence-electron chi connectivity index (χ0n) is 10.9. The van der Waals surface area contributed by atoms with Crippen LogP contribution in [-0.4, -0.2) is 28.7 Å². The van der Waals surface area contributed by atoms with Crippen LogP contribution in [0.15, 0.2) is 0 Å². The summed E-state index contributed by atoms with van der Waals surface area (Å²) in [7, 11) is 0. The van der Waals surface area contributed by atoms with Crippen LogP contribution in [0.3, 0.4) is 0 Å². The number of carbonyl (C=O) groups is 1. The van der Waals surface area contributed by atoms with Gasteiger partial charge in [-0.1, -0.05) is 13.8 Å². The van der Waals surface area contributed by atoms with E-state index in [9.17, 15) is 9.90 Å². The molecule has 3 heteroatoms. The van der Waals surface area contributed by atoms with Gasteiger partial charge in [0.25, 0.3) is 0 Å². The largest absolute Gasteiger partial charge is 0.390 e. The Morgan fingerprint density at radius 2 is 2.06 bits per heavy atom. The molecule has 0 aromatic heterocycles. The van der Waals surface area contributed by atoms with E-state index in [1.54, 1.807) is 0 Å². The Kier molecular flexibility index (Phi) is 2.28. The molecular weight excluding hydrogens is 216 g/mol. The summed E-state index contributed by atoms with van der Waals surface area (Å²) in [5.74, 6) is 0.935. The molecule has 0 spiro atoms. The average Bonchev–Trinajstić information content (AvgIpc) is 2.86. The van der Waals surface area contributed by atoms with Crippen LogP contribution in [-0.2, 0) is 9.53 Å². The van der Waals surface area contributed by atoms with Gasteiger partial charge in [0.05, 0.1) is 11.7 Å². The van der Waals surface area contributed by atoms with Crippen molar-refractivity contribution < 1.29 is 14.6 Å². The molecule has 0 amide bonds. The number of fused-ring (bicyclic) bond motifs is 2. The summed E-state index contributed by atoms with van der Waals surface area (Å²) in [5.41, 5.74) is 0.122. The van der Waals surface area contributed by atoms with Gasteiger partial charge in [0.1, 0.15) is 11.9 Å². The zero-order chi connectivity index (χ0) is 12.4. The molecule has 96 valence electrons. The van der Waals surface area contributed by atoms with Gasteiger partial charge in [-0.05, 0) is 37.5 Å². The van der Waals surface area contributed by atoms with E-state index in [0.29, 0.717) is 5.92 Å². The molecule has 3 aliphatic rings. The minimum atomic E-state index is -0.588. The fourth-order valence-corrected chi connectivity index (χ4v) is 4.02. The topological polar surface area (TPSA) is 49.8 Å². The molecule has 5 atom stereocenters. The first-order valence-corrected chi connectivity index (χ1v) is 6.72. The standard InChI is InChI=1S/C14H22O3/c1-13(2)7-8-9(13)4-5-14(3)12(17-14)11(16)6-10(8)15/h8-9,11-12,16H,4-7H2,1-3H3/t8-,9+,11-,12+,14+/m1/s1. The zero-order valence-corrected chi connectivity index (χ0v) is 10.9. The molecule has 0 bridgehead atoms. The Morgan fingerprint density at radius 1 is 1.35 bits per heavy atom. The molecule has 1 saturated heterocycles. The van der Waals surface area contributed by atoms with Gasteiger partial charge in [0, 0.05) is 12.3 Å². The summed E-state index contributed by atoms with van der Waals surface area (Å²) in [4.78, 5) is 12.1. The third-order valence-corrected chi connectivity index (χ3v) is 5.30. The summed E-state index contributed by atoms with van der Waals surface area (Å²) in [6.45, 7) is 6.57. The lowest BCUT2D eigenvalue weighted by atomic mass is 9.53. The van der Waals surface area contributed by atoms with Gasteiger partial charge in [-0.25, -0.2) is 0 Å². The van der Waals surface area contributed by atoms with Crippen molar-refractivity contribution in [2.75, 3.05) is 0 Å². The number of aliphatic hydroxyl groups excluding tert-OH is 1. The maximum atomic E-state index is 12.1. The molecule has 0 radical (unpaired) electrons. The van der Waals surface area contributed by atoms with Crippen molar-refractivity contribution in [1.29, 1.82) is 0 Å². The Bertz CT molecular complexity index is 362. The maximum Gasteiger partial charge on any atom is 0.138 e.